The molecule has 11 nitrogen and oxygen atoms in total. The van der Waals surface area contributed by atoms with Gasteiger partial charge in [-0.2, -0.15) is 0 Å². The fraction of sp³-hybridized carbons (Fsp3) is 0.591. The van der Waals surface area contributed by atoms with Crippen LogP contribution in [0.5, 0.6) is 11.5 Å². The minimum absolute atomic E-state index is 0.0220. The standard InChI is InChI=1S/C22H30O11/c1-22(2,33-21-19(28)18(27)17(26)14(9-23)32-21)15(24)7-11-12(29-3)8-13-10(20(11)30-4)5-6-16(25)31-13/h5-6,8,14-15,17-19,21,23-24,26-28H,7,9H2,1-4H3/t14-,15+,17-,18+,19-,21+/m1/s1. The topological polar surface area (TPSA) is 168 Å². The largest absolute Gasteiger partial charge is 0.496 e. The Morgan fingerprint density at radius 2 is 1.79 bits per heavy atom. The second-order valence-corrected chi connectivity index (χ2v) is 8.40. The van der Waals surface area contributed by atoms with E-state index < -0.39 is 54.6 Å². The maximum Gasteiger partial charge on any atom is 0.336 e. The summed E-state index contributed by atoms with van der Waals surface area (Å²) < 4.78 is 27.3. The highest BCUT2D eigenvalue weighted by Crippen LogP contribution is 2.39. The normalized spacial score (nSPS) is 26.9. The summed E-state index contributed by atoms with van der Waals surface area (Å²) in [4.78, 5) is 11.6. The summed E-state index contributed by atoms with van der Waals surface area (Å²) in [7, 11) is 2.86. The quantitative estimate of drug-likeness (QED) is 0.310. The fourth-order valence-electron chi connectivity index (χ4n) is 3.80. The van der Waals surface area contributed by atoms with Crippen molar-refractivity contribution in [2.24, 2.45) is 0 Å². The molecule has 1 fully saturated rings. The molecule has 11 heteroatoms. The lowest BCUT2D eigenvalue weighted by atomic mass is 9.92. The predicted molar refractivity (Wildman–Crippen MR) is 114 cm³/mol. The lowest BCUT2D eigenvalue weighted by Gasteiger charge is -2.43. The van der Waals surface area contributed by atoms with E-state index in [0.717, 1.165) is 0 Å². The van der Waals surface area contributed by atoms with Crippen molar-refractivity contribution in [1.82, 2.24) is 0 Å². The van der Waals surface area contributed by atoms with Crippen LogP contribution in [0.1, 0.15) is 19.4 Å². The molecule has 33 heavy (non-hydrogen) atoms. The van der Waals surface area contributed by atoms with Crippen LogP contribution in [-0.2, 0) is 15.9 Å². The number of hydrogen-bond donors (Lipinski definition) is 5. The van der Waals surface area contributed by atoms with Gasteiger partial charge in [-0.05, 0) is 19.9 Å². The average molecular weight is 470 g/mol. The summed E-state index contributed by atoms with van der Waals surface area (Å²) in [5.41, 5.74) is -1.12. The highest BCUT2D eigenvalue weighted by Gasteiger charge is 2.47. The third-order valence-corrected chi connectivity index (χ3v) is 5.83. The first-order valence-electron chi connectivity index (χ1n) is 10.4. The Hall–Kier alpha value is -2.25. The molecule has 1 aliphatic heterocycles. The van der Waals surface area contributed by atoms with Crippen LogP contribution in [0, 0.1) is 0 Å². The van der Waals surface area contributed by atoms with Crippen molar-refractivity contribution in [3.8, 4) is 11.5 Å². The van der Waals surface area contributed by atoms with Crippen LogP contribution in [0.2, 0.25) is 0 Å². The monoisotopic (exact) mass is 470 g/mol. The van der Waals surface area contributed by atoms with Gasteiger partial charge < -0.3 is 48.9 Å². The maximum atomic E-state index is 11.6. The SMILES string of the molecule is COc1cc2oc(=O)ccc2c(OC)c1C[C@H](O)C(C)(C)O[C@@H]1O[C@H](CO)[C@@H](O)[C@H](O)[C@H]1O. The predicted octanol–water partition coefficient (Wildman–Crippen LogP) is -0.691. The smallest absolute Gasteiger partial charge is 0.336 e. The van der Waals surface area contributed by atoms with Crippen molar-refractivity contribution in [3.63, 3.8) is 0 Å². The number of rotatable bonds is 8. The highest BCUT2D eigenvalue weighted by molar-refractivity contribution is 5.87. The van der Waals surface area contributed by atoms with Gasteiger partial charge >= 0.3 is 5.63 Å². The number of hydrogen-bond acceptors (Lipinski definition) is 11. The molecule has 1 aromatic carbocycles. The van der Waals surface area contributed by atoms with Crippen LogP contribution in [0.4, 0.5) is 0 Å². The van der Waals surface area contributed by atoms with Crippen LogP contribution < -0.4 is 15.1 Å². The Morgan fingerprint density at radius 3 is 2.39 bits per heavy atom. The Morgan fingerprint density at radius 1 is 1.09 bits per heavy atom. The van der Waals surface area contributed by atoms with Gasteiger partial charge in [0.25, 0.3) is 0 Å². The zero-order valence-electron chi connectivity index (χ0n) is 18.8. The summed E-state index contributed by atoms with van der Waals surface area (Å²) in [5, 5.41) is 51.1. The zero-order chi connectivity index (χ0) is 24.5. The number of fused-ring (bicyclic) bond motifs is 1. The van der Waals surface area contributed by atoms with Crippen molar-refractivity contribution in [3.05, 3.63) is 34.2 Å². The molecule has 0 spiro atoms. The van der Waals surface area contributed by atoms with Gasteiger partial charge in [-0.3, -0.25) is 0 Å². The molecule has 3 rings (SSSR count). The molecule has 1 saturated heterocycles. The Kier molecular flexibility index (Phi) is 7.64. The summed E-state index contributed by atoms with van der Waals surface area (Å²) >= 11 is 0. The first kappa shape index (κ1) is 25.4. The number of aliphatic hydroxyl groups is 5. The second-order valence-electron chi connectivity index (χ2n) is 8.40. The first-order chi connectivity index (χ1) is 15.5. The Balaban J connectivity index is 1.88. The molecular formula is C22H30O11. The molecule has 0 aliphatic carbocycles. The van der Waals surface area contributed by atoms with E-state index in [0.29, 0.717) is 22.4 Å². The molecular weight excluding hydrogens is 440 g/mol. The fourth-order valence-corrected chi connectivity index (χ4v) is 3.80. The molecule has 0 unspecified atom stereocenters. The molecule has 2 heterocycles. The third kappa shape index (κ3) is 4.99. The lowest BCUT2D eigenvalue weighted by molar-refractivity contribution is -0.331. The summed E-state index contributed by atoms with van der Waals surface area (Å²) in [6, 6.07) is 4.32. The molecule has 0 bridgehead atoms. The van der Waals surface area contributed by atoms with Gasteiger partial charge in [0.15, 0.2) is 6.29 Å². The third-order valence-electron chi connectivity index (χ3n) is 5.83. The molecule has 184 valence electrons. The maximum absolute atomic E-state index is 11.6. The van der Waals surface area contributed by atoms with Crippen molar-refractivity contribution < 1.29 is 48.9 Å². The number of methoxy groups -OCH3 is 2. The van der Waals surface area contributed by atoms with Crippen molar-refractivity contribution in [1.29, 1.82) is 0 Å². The highest BCUT2D eigenvalue weighted by atomic mass is 16.7. The first-order valence-corrected chi connectivity index (χ1v) is 10.4. The van der Waals surface area contributed by atoms with E-state index >= 15 is 0 Å². The number of ether oxygens (including phenoxy) is 4. The molecule has 2 aromatic rings. The minimum Gasteiger partial charge on any atom is -0.496 e. The zero-order valence-corrected chi connectivity index (χ0v) is 18.8. The van der Waals surface area contributed by atoms with Crippen LogP contribution in [0.25, 0.3) is 11.0 Å². The van der Waals surface area contributed by atoms with E-state index in [2.05, 4.69) is 0 Å². The van der Waals surface area contributed by atoms with E-state index in [1.165, 1.54) is 26.4 Å². The van der Waals surface area contributed by atoms with Crippen LogP contribution in [0.15, 0.2) is 27.4 Å². The molecule has 0 saturated carbocycles. The second kappa shape index (κ2) is 9.94. The molecule has 6 atom stereocenters. The van der Waals surface area contributed by atoms with E-state index in [1.54, 1.807) is 19.9 Å². The average Bonchev–Trinajstić information content (AvgIpc) is 2.78. The minimum atomic E-state index is -1.61. The van der Waals surface area contributed by atoms with Crippen molar-refractivity contribution in [2.45, 2.75) is 62.7 Å². The summed E-state index contributed by atoms with van der Waals surface area (Å²) in [6.07, 6.45) is -8.52. The number of benzene rings is 1. The van der Waals surface area contributed by atoms with E-state index in [9.17, 15) is 30.3 Å². The van der Waals surface area contributed by atoms with E-state index in [-0.39, 0.29) is 12.0 Å². The van der Waals surface area contributed by atoms with Crippen LogP contribution in [0.3, 0.4) is 0 Å². The van der Waals surface area contributed by atoms with Gasteiger partial charge in [0.1, 0.15) is 41.5 Å². The van der Waals surface area contributed by atoms with Gasteiger partial charge in [0, 0.05) is 24.1 Å². The van der Waals surface area contributed by atoms with Crippen molar-refractivity contribution in [2.75, 3.05) is 20.8 Å². The van der Waals surface area contributed by atoms with Gasteiger partial charge in [-0.25, -0.2) is 4.79 Å². The molecule has 1 aromatic heterocycles. The van der Waals surface area contributed by atoms with Crippen LogP contribution in [-0.4, -0.2) is 88.8 Å². The van der Waals surface area contributed by atoms with Crippen molar-refractivity contribution >= 4 is 11.0 Å². The number of aliphatic hydroxyl groups excluding tert-OH is 5. The van der Waals surface area contributed by atoms with Gasteiger partial charge in [0.2, 0.25) is 0 Å². The lowest BCUT2D eigenvalue weighted by Crippen LogP contribution is -2.61. The van der Waals surface area contributed by atoms with E-state index in [4.69, 9.17) is 23.4 Å². The van der Waals surface area contributed by atoms with Gasteiger partial charge in [0.05, 0.1) is 37.9 Å². The molecule has 1 aliphatic rings. The van der Waals surface area contributed by atoms with Crippen LogP contribution >= 0.6 is 0 Å². The molecule has 0 radical (unpaired) electrons. The summed E-state index contributed by atoms with van der Waals surface area (Å²) in [5.74, 6) is 0.659. The van der Waals surface area contributed by atoms with E-state index in [1.807, 2.05) is 0 Å². The molecule has 0 amide bonds. The van der Waals surface area contributed by atoms with Gasteiger partial charge in [-0.1, -0.05) is 0 Å². The Bertz CT molecular complexity index is 1020. The molecule has 5 N–H and O–H groups in total. The Labute approximate surface area is 189 Å². The van der Waals surface area contributed by atoms with Gasteiger partial charge in [-0.15, -0.1) is 0 Å². The summed E-state index contributed by atoms with van der Waals surface area (Å²) in [6.45, 7) is 2.51.